The molecule has 3 fully saturated rings. The summed E-state index contributed by atoms with van der Waals surface area (Å²) in [5.74, 6) is 1.35. The van der Waals surface area contributed by atoms with Crippen LogP contribution in [0.25, 0.3) is 0 Å². The monoisotopic (exact) mass is 450 g/mol. The third-order valence-electron chi connectivity index (χ3n) is 9.06. The maximum atomic E-state index is 12.8. The van der Waals surface area contributed by atoms with Gasteiger partial charge in [0.05, 0.1) is 4.48 Å². The van der Waals surface area contributed by atoms with Gasteiger partial charge in [0.2, 0.25) is 0 Å². The first-order chi connectivity index (χ1) is 13.1. The van der Waals surface area contributed by atoms with Gasteiger partial charge in [0.1, 0.15) is 0 Å². The summed E-state index contributed by atoms with van der Waals surface area (Å²) in [4.78, 5) is 36.9. The van der Waals surface area contributed by atoms with Crippen LogP contribution in [0.5, 0.6) is 0 Å². The smallest absolute Gasteiger partial charge is 0.303 e. The molecule has 0 radical (unpaired) electrons. The van der Waals surface area contributed by atoms with Gasteiger partial charge in [0, 0.05) is 18.8 Å². The number of carbonyl (C=O) groups excluding carboxylic acids is 3. The zero-order valence-corrected chi connectivity index (χ0v) is 19.0. The zero-order valence-electron chi connectivity index (χ0n) is 17.4. The second kappa shape index (κ2) is 6.52. The Kier molecular flexibility index (Phi) is 4.73. The van der Waals surface area contributed by atoms with Crippen LogP contribution in [-0.2, 0) is 19.1 Å². The van der Waals surface area contributed by atoms with Crippen LogP contribution in [0.1, 0.15) is 79.1 Å². The summed E-state index contributed by atoms with van der Waals surface area (Å²) in [7, 11) is 0. The van der Waals surface area contributed by atoms with Crippen LogP contribution < -0.4 is 0 Å². The number of ketones is 2. The van der Waals surface area contributed by atoms with E-state index in [0.29, 0.717) is 30.6 Å². The van der Waals surface area contributed by atoms with E-state index in [1.54, 1.807) is 6.92 Å². The summed E-state index contributed by atoms with van der Waals surface area (Å²) in [6.45, 7) is 7.56. The predicted molar refractivity (Wildman–Crippen MR) is 110 cm³/mol. The maximum Gasteiger partial charge on any atom is 0.303 e. The van der Waals surface area contributed by atoms with Gasteiger partial charge < -0.3 is 4.74 Å². The summed E-state index contributed by atoms with van der Waals surface area (Å²) in [6.07, 6.45) is 7.10. The molecule has 4 rings (SSSR count). The summed E-state index contributed by atoms with van der Waals surface area (Å²) in [5.41, 5.74) is 0.142. The van der Waals surface area contributed by atoms with Gasteiger partial charge in [0.25, 0.3) is 0 Å². The van der Waals surface area contributed by atoms with E-state index in [2.05, 4.69) is 29.8 Å². The van der Waals surface area contributed by atoms with Gasteiger partial charge in [-0.1, -0.05) is 13.8 Å². The average molecular weight is 451 g/mol. The van der Waals surface area contributed by atoms with Crippen molar-refractivity contribution in [2.75, 3.05) is 0 Å². The van der Waals surface area contributed by atoms with Crippen LogP contribution in [0.3, 0.4) is 0 Å². The van der Waals surface area contributed by atoms with Gasteiger partial charge >= 0.3 is 5.97 Å². The molecule has 0 N–H and O–H groups in total. The number of ether oxygens (including phenoxy) is 1. The molecule has 0 saturated heterocycles. The lowest BCUT2D eigenvalue weighted by Crippen LogP contribution is -2.58. The summed E-state index contributed by atoms with van der Waals surface area (Å²) < 4.78 is 6.66. The van der Waals surface area contributed by atoms with Crippen LogP contribution in [0.4, 0.5) is 0 Å². The molecule has 0 unspecified atom stereocenters. The maximum absolute atomic E-state index is 12.8. The van der Waals surface area contributed by atoms with E-state index in [1.807, 2.05) is 0 Å². The van der Waals surface area contributed by atoms with Gasteiger partial charge in [-0.05, 0) is 96.5 Å². The minimum atomic E-state index is -0.964. The van der Waals surface area contributed by atoms with Gasteiger partial charge in [-0.3, -0.25) is 14.4 Å². The number of fused-ring (bicyclic) bond motifs is 5. The number of hydrogen-bond acceptors (Lipinski definition) is 4. The molecular weight excluding hydrogens is 420 g/mol. The lowest BCUT2D eigenvalue weighted by atomic mass is 9.46. The summed E-state index contributed by atoms with van der Waals surface area (Å²) in [6, 6.07) is 0. The SMILES string of the molecule is CC(=O)O[C@]1(C(C)=O)CC[C@H]2[C@@H]3CCC4=C(Br)C(=O)CC[C@]4(C)[C@H]3CC[C@@]21C. The van der Waals surface area contributed by atoms with E-state index in [-0.39, 0.29) is 28.4 Å². The molecule has 5 heteroatoms. The van der Waals surface area contributed by atoms with Crippen LogP contribution in [0.2, 0.25) is 0 Å². The Morgan fingerprint density at radius 3 is 2.32 bits per heavy atom. The van der Waals surface area contributed by atoms with Crippen molar-refractivity contribution in [3.8, 4) is 0 Å². The van der Waals surface area contributed by atoms with Crippen molar-refractivity contribution in [2.45, 2.75) is 84.7 Å². The van der Waals surface area contributed by atoms with Crippen molar-refractivity contribution >= 4 is 33.5 Å². The standard InChI is InChI=1S/C23H31BrO4/c1-13(25)23(28-14(2)26)12-8-17-15-5-6-18-20(24)19(27)9-10-21(18,3)16(15)7-11-22(17,23)4/h15-17H,5-12H2,1-4H3/t15-,16+,17+,21-,22+,23+/m1/s1. The zero-order chi connectivity index (χ0) is 20.5. The number of allylic oxidation sites excluding steroid dienone is 1. The molecule has 0 bridgehead atoms. The number of carbonyl (C=O) groups is 3. The Bertz CT molecular complexity index is 785. The quantitative estimate of drug-likeness (QED) is 0.546. The Morgan fingerprint density at radius 1 is 1.00 bits per heavy atom. The molecule has 4 aliphatic rings. The van der Waals surface area contributed by atoms with Crippen LogP contribution in [0.15, 0.2) is 10.1 Å². The molecule has 4 nitrogen and oxygen atoms in total. The normalized spacial score (nSPS) is 45.2. The highest BCUT2D eigenvalue weighted by molar-refractivity contribution is 9.12. The highest BCUT2D eigenvalue weighted by Gasteiger charge is 2.67. The largest absolute Gasteiger partial charge is 0.451 e. The molecule has 6 atom stereocenters. The molecule has 4 aliphatic carbocycles. The summed E-state index contributed by atoms with van der Waals surface area (Å²) in [5, 5.41) is 0. The third-order valence-corrected chi connectivity index (χ3v) is 9.98. The number of rotatable bonds is 2. The minimum Gasteiger partial charge on any atom is -0.451 e. The highest BCUT2D eigenvalue weighted by atomic mass is 79.9. The van der Waals surface area contributed by atoms with Gasteiger partial charge in [-0.2, -0.15) is 0 Å². The van der Waals surface area contributed by atoms with Crippen molar-refractivity contribution in [1.29, 1.82) is 0 Å². The fraction of sp³-hybridized carbons (Fsp3) is 0.783. The molecule has 3 saturated carbocycles. The predicted octanol–water partition coefficient (Wildman–Crippen LogP) is 5.13. The van der Waals surface area contributed by atoms with E-state index in [1.165, 1.54) is 12.5 Å². The average Bonchev–Trinajstić information content (AvgIpc) is 2.92. The fourth-order valence-corrected chi connectivity index (χ4v) is 8.56. The first-order valence-electron chi connectivity index (χ1n) is 10.7. The second-order valence-electron chi connectivity index (χ2n) is 10.0. The van der Waals surface area contributed by atoms with Crippen LogP contribution in [-0.4, -0.2) is 23.1 Å². The lowest BCUT2D eigenvalue weighted by molar-refractivity contribution is -0.187. The molecule has 0 aromatic heterocycles. The third kappa shape index (κ3) is 2.50. The molecule has 0 heterocycles. The first kappa shape index (κ1) is 20.3. The number of Topliss-reactive ketones (excluding diaryl/α,β-unsaturated/α-hetero) is 2. The molecule has 0 aromatic rings. The molecular formula is C23H31BrO4. The topological polar surface area (TPSA) is 60.4 Å². The molecule has 0 aliphatic heterocycles. The first-order valence-corrected chi connectivity index (χ1v) is 11.5. The Labute approximate surface area is 176 Å². The van der Waals surface area contributed by atoms with Gasteiger partial charge in [0.15, 0.2) is 17.2 Å². The number of esters is 1. The lowest BCUT2D eigenvalue weighted by Gasteiger charge is -2.59. The molecule has 28 heavy (non-hydrogen) atoms. The Morgan fingerprint density at radius 2 is 1.68 bits per heavy atom. The molecule has 0 amide bonds. The van der Waals surface area contributed by atoms with Gasteiger partial charge in [-0.25, -0.2) is 0 Å². The molecule has 0 spiro atoms. The minimum absolute atomic E-state index is 0.000219. The summed E-state index contributed by atoms with van der Waals surface area (Å²) >= 11 is 3.61. The highest BCUT2D eigenvalue weighted by Crippen LogP contribution is 2.68. The van der Waals surface area contributed by atoms with Crippen LogP contribution >= 0.6 is 15.9 Å². The Balaban J connectivity index is 1.72. The van der Waals surface area contributed by atoms with E-state index in [0.717, 1.165) is 43.0 Å². The van der Waals surface area contributed by atoms with Crippen LogP contribution in [0, 0.1) is 28.6 Å². The van der Waals surface area contributed by atoms with Crippen molar-refractivity contribution in [2.24, 2.45) is 28.6 Å². The fourth-order valence-electron chi connectivity index (χ4n) is 7.71. The Hall–Kier alpha value is -0.970. The number of hydrogen-bond donors (Lipinski definition) is 0. The van der Waals surface area contributed by atoms with Gasteiger partial charge in [-0.15, -0.1) is 0 Å². The molecule has 154 valence electrons. The number of halogens is 1. The van der Waals surface area contributed by atoms with Crippen molar-refractivity contribution in [3.63, 3.8) is 0 Å². The van der Waals surface area contributed by atoms with Crippen molar-refractivity contribution in [1.82, 2.24) is 0 Å². The van der Waals surface area contributed by atoms with E-state index in [9.17, 15) is 14.4 Å². The van der Waals surface area contributed by atoms with Crippen molar-refractivity contribution < 1.29 is 19.1 Å². The molecule has 0 aromatic carbocycles. The van der Waals surface area contributed by atoms with Crippen molar-refractivity contribution in [3.05, 3.63) is 10.1 Å². The van der Waals surface area contributed by atoms with E-state index in [4.69, 9.17) is 4.74 Å². The van der Waals surface area contributed by atoms with E-state index < -0.39 is 5.60 Å². The second-order valence-corrected chi connectivity index (χ2v) is 10.8. The van der Waals surface area contributed by atoms with E-state index >= 15 is 0 Å².